The highest BCUT2D eigenvalue weighted by Crippen LogP contribution is 2.50. The fourth-order valence-electron chi connectivity index (χ4n) is 3.74. The van der Waals surface area contributed by atoms with E-state index in [1.807, 2.05) is 67.1 Å². The lowest BCUT2D eigenvalue weighted by Gasteiger charge is -2.14. The van der Waals surface area contributed by atoms with E-state index in [0.29, 0.717) is 0 Å². The molecule has 1 aromatic heterocycles. The lowest BCUT2D eigenvalue weighted by Crippen LogP contribution is -2.30. The van der Waals surface area contributed by atoms with Gasteiger partial charge in [-0.1, -0.05) is 30.3 Å². The number of aromatic nitrogens is 2. The molecule has 3 unspecified atom stereocenters. The zero-order chi connectivity index (χ0) is 18.3. The zero-order valence-corrected chi connectivity index (χ0v) is 15.3. The number of nitrogens with zero attached hydrogens (tertiary/aromatic N) is 2. The van der Waals surface area contributed by atoms with Crippen LogP contribution in [0.5, 0.6) is 5.75 Å². The van der Waals surface area contributed by atoms with Crippen LogP contribution in [0.1, 0.15) is 36.7 Å². The molecule has 0 bridgehead atoms. The Hall–Kier alpha value is -2.82. The minimum Gasteiger partial charge on any atom is -0.496 e. The Balaban J connectivity index is 1.47. The van der Waals surface area contributed by atoms with Crippen LogP contribution in [-0.2, 0) is 11.8 Å². The van der Waals surface area contributed by atoms with E-state index < -0.39 is 0 Å². The number of ether oxygens (including phenoxy) is 1. The molecule has 1 amide bonds. The number of hydrogen-bond donors (Lipinski definition) is 1. The summed E-state index contributed by atoms with van der Waals surface area (Å²) in [6.07, 6.45) is 0.863. The predicted octanol–water partition coefficient (Wildman–Crippen LogP) is 3.56. The highest BCUT2D eigenvalue weighted by atomic mass is 16.5. The average molecular weight is 349 g/mol. The van der Waals surface area contributed by atoms with Gasteiger partial charge in [0.15, 0.2) is 0 Å². The smallest absolute Gasteiger partial charge is 0.224 e. The van der Waals surface area contributed by atoms with Crippen LogP contribution >= 0.6 is 0 Å². The summed E-state index contributed by atoms with van der Waals surface area (Å²) >= 11 is 0. The molecule has 3 atom stereocenters. The number of hydrogen-bond acceptors (Lipinski definition) is 3. The number of para-hydroxylation sites is 3. The third-order valence-corrected chi connectivity index (χ3v) is 5.23. The maximum absolute atomic E-state index is 12.7. The van der Waals surface area contributed by atoms with Gasteiger partial charge >= 0.3 is 0 Å². The average Bonchev–Trinajstić information content (AvgIpc) is 3.39. The maximum atomic E-state index is 12.7. The highest BCUT2D eigenvalue weighted by Gasteiger charge is 2.45. The van der Waals surface area contributed by atoms with Gasteiger partial charge in [-0.15, -0.1) is 0 Å². The third kappa shape index (κ3) is 2.83. The molecule has 1 saturated carbocycles. The monoisotopic (exact) mass is 349 g/mol. The van der Waals surface area contributed by atoms with E-state index in [1.165, 1.54) is 0 Å². The molecule has 0 saturated heterocycles. The van der Waals surface area contributed by atoms with E-state index in [-0.39, 0.29) is 23.8 Å². The first-order valence-corrected chi connectivity index (χ1v) is 8.94. The number of imidazole rings is 1. The van der Waals surface area contributed by atoms with Crippen LogP contribution in [0.2, 0.25) is 0 Å². The lowest BCUT2D eigenvalue weighted by atomic mass is 10.1. The van der Waals surface area contributed by atoms with Crippen molar-refractivity contribution in [1.29, 1.82) is 0 Å². The van der Waals surface area contributed by atoms with Crippen molar-refractivity contribution in [2.75, 3.05) is 7.11 Å². The molecular formula is C21H23N3O2. The quantitative estimate of drug-likeness (QED) is 0.766. The van der Waals surface area contributed by atoms with Gasteiger partial charge in [-0.05, 0) is 43.0 Å². The van der Waals surface area contributed by atoms with E-state index in [4.69, 9.17) is 4.74 Å². The van der Waals surface area contributed by atoms with E-state index in [0.717, 1.165) is 34.6 Å². The summed E-state index contributed by atoms with van der Waals surface area (Å²) in [7, 11) is 3.66. The van der Waals surface area contributed by atoms with E-state index in [9.17, 15) is 4.79 Å². The van der Waals surface area contributed by atoms with Crippen LogP contribution < -0.4 is 10.1 Å². The number of carbonyl (C=O) groups excluding carboxylic acids is 1. The second-order valence-corrected chi connectivity index (χ2v) is 6.94. The molecule has 26 heavy (non-hydrogen) atoms. The number of methoxy groups -OCH3 is 1. The van der Waals surface area contributed by atoms with Crippen molar-refractivity contribution in [1.82, 2.24) is 14.9 Å². The van der Waals surface area contributed by atoms with Gasteiger partial charge in [0, 0.05) is 13.0 Å². The SMILES string of the molecule is COc1ccccc1C1CC1C(=O)NC(C)c1nc2ccccc2n1C. The van der Waals surface area contributed by atoms with Crippen molar-refractivity contribution in [3.8, 4) is 5.75 Å². The molecule has 1 fully saturated rings. The second-order valence-electron chi connectivity index (χ2n) is 6.94. The van der Waals surface area contributed by atoms with Crippen LogP contribution in [-0.4, -0.2) is 22.6 Å². The molecule has 5 heteroatoms. The topological polar surface area (TPSA) is 56.1 Å². The van der Waals surface area contributed by atoms with Crippen molar-refractivity contribution < 1.29 is 9.53 Å². The molecule has 0 aliphatic heterocycles. The first-order valence-electron chi connectivity index (χ1n) is 8.94. The van der Waals surface area contributed by atoms with Crippen LogP contribution in [0, 0.1) is 5.92 Å². The maximum Gasteiger partial charge on any atom is 0.224 e. The van der Waals surface area contributed by atoms with Crippen molar-refractivity contribution in [3.05, 3.63) is 59.9 Å². The Kier molecular flexibility index (Phi) is 4.15. The Morgan fingerprint density at radius 2 is 1.96 bits per heavy atom. The highest BCUT2D eigenvalue weighted by molar-refractivity contribution is 5.83. The van der Waals surface area contributed by atoms with Gasteiger partial charge in [0.05, 0.1) is 24.2 Å². The number of amides is 1. The zero-order valence-electron chi connectivity index (χ0n) is 15.3. The fraction of sp³-hybridized carbons (Fsp3) is 0.333. The van der Waals surface area contributed by atoms with Gasteiger partial charge in [0.1, 0.15) is 11.6 Å². The summed E-state index contributed by atoms with van der Waals surface area (Å²) in [6.45, 7) is 1.99. The summed E-state index contributed by atoms with van der Waals surface area (Å²) in [4.78, 5) is 17.4. The minimum atomic E-state index is -0.140. The number of carbonyl (C=O) groups is 1. The van der Waals surface area contributed by atoms with E-state index in [1.54, 1.807) is 7.11 Å². The molecule has 1 aliphatic rings. The summed E-state index contributed by atoms with van der Waals surface area (Å²) in [5.41, 5.74) is 3.14. The first kappa shape index (κ1) is 16.6. The molecular weight excluding hydrogens is 326 g/mol. The molecule has 3 aromatic rings. The summed E-state index contributed by atoms with van der Waals surface area (Å²) in [6, 6.07) is 15.8. The molecule has 5 nitrogen and oxygen atoms in total. The van der Waals surface area contributed by atoms with Crippen LogP contribution in [0.3, 0.4) is 0 Å². The molecule has 2 aromatic carbocycles. The van der Waals surface area contributed by atoms with Crippen molar-refractivity contribution >= 4 is 16.9 Å². The van der Waals surface area contributed by atoms with Gasteiger partial charge in [0.25, 0.3) is 0 Å². The van der Waals surface area contributed by atoms with E-state index >= 15 is 0 Å². The standard InChI is InChI=1S/C21H23N3O2/c1-13(20-23-17-9-5-6-10-18(17)24(20)2)22-21(25)16-12-15(16)14-8-4-7-11-19(14)26-3/h4-11,13,15-16H,12H2,1-3H3,(H,22,25). The first-order chi connectivity index (χ1) is 12.6. The van der Waals surface area contributed by atoms with E-state index in [2.05, 4.69) is 10.3 Å². The Morgan fingerprint density at radius 1 is 1.23 bits per heavy atom. The molecule has 0 spiro atoms. The summed E-state index contributed by atoms with van der Waals surface area (Å²) < 4.78 is 7.48. The third-order valence-electron chi connectivity index (χ3n) is 5.23. The van der Waals surface area contributed by atoms with Crippen LogP contribution in [0.4, 0.5) is 0 Å². The molecule has 1 aliphatic carbocycles. The predicted molar refractivity (Wildman–Crippen MR) is 101 cm³/mol. The van der Waals surface area contributed by atoms with Crippen LogP contribution in [0.15, 0.2) is 48.5 Å². The number of rotatable bonds is 5. The molecule has 1 N–H and O–H groups in total. The Labute approximate surface area is 153 Å². The molecule has 134 valence electrons. The normalized spacial score (nSPS) is 20.0. The van der Waals surface area contributed by atoms with Crippen molar-refractivity contribution in [3.63, 3.8) is 0 Å². The van der Waals surface area contributed by atoms with Gasteiger partial charge in [-0.3, -0.25) is 4.79 Å². The van der Waals surface area contributed by atoms with Gasteiger partial charge < -0.3 is 14.6 Å². The van der Waals surface area contributed by atoms with Crippen molar-refractivity contribution in [2.24, 2.45) is 13.0 Å². The summed E-state index contributed by atoms with van der Waals surface area (Å²) in [5, 5.41) is 3.13. The molecule has 0 radical (unpaired) electrons. The fourth-order valence-corrected chi connectivity index (χ4v) is 3.74. The number of benzene rings is 2. The largest absolute Gasteiger partial charge is 0.496 e. The van der Waals surface area contributed by atoms with Gasteiger partial charge in [0.2, 0.25) is 5.91 Å². The number of fused-ring (bicyclic) bond motifs is 1. The number of aryl methyl sites for hydroxylation is 1. The molecule has 1 heterocycles. The molecule has 4 rings (SSSR count). The minimum absolute atomic E-state index is 0.00318. The summed E-state index contributed by atoms with van der Waals surface area (Å²) in [5.74, 6) is 2.05. The lowest BCUT2D eigenvalue weighted by molar-refractivity contribution is -0.123. The Bertz CT molecular complexity index is 963. The van der Waals surface area contributed by atoms with Crippen LogP contribution in [0.25, 0.3) is 11.0 Å². The number of nitrogens with one attached hydrogen (secondary N) is 1. The van der Waals surface area contributed by atoms with Gasteiger partial charge in [-0.2, -0.15) is 0 Å². The van der Waals surface area contributed by atoms with Crippen molar-refractivity contribution in [2.45, 2.75) is 25.3 Å². The Morgan fingerprint density at radius 3 is 2.73 bits per heavy atom. The van der Waals surface area contributed by atoms with Gasteiger partial charge in [-0.25, -0.2) is 4.98 Å². The second kappa shape index (κ2) is 6.48.